The van der Waals surface area contributed by atoms with Crippen LogP contribution in [0, 0.1) is 12.3 Å². The summed E-state index contributed by atoms with van der Waals surface area (Å²) >= 11 is 0. The van der Waals surface area contributed by atoms with Gasteiger partial charge in [0.25, 0.3) is 6.43 Å². The summed E-state index contributed by atoms with van der Waals surface area (Å²) in [6.45, 7) is 4.18. The first-order valence-electron chi connectivity index (χ1n) is 11.1. The number of halogens is 3. The Morgan fingerprint density at radius 3 is 2.78 bits per heavy atom. The summed E-state index contributed by atoms with van der Waals surface area (Å²) in [7, 11) is 1.48. The number of terminal acetylenes is 1. The van der Waals surface area contributed by atoms with Gasteiger partial charge in [-0.25, -0.2) is 18.2 Å². The standard InChI is InChI=1S/C25H27F3N6O2/c1-5-7-8-17(26)10-9-15(3)36-21-11-16(14-30-24(21)29)22-19(25(35-4)33-34(22)6-2)12-18-13-20(23(27)28)32-31-18/h1,7-8,10-11,13-15,23H,6,9,12H2,2-4H3,(H2,29,30)(H,31,32)/b8-7-,17-10+. The minimum Gasteiger partial charge on any atom is -0.487 e. The number of aryl methyl sites for hydroxylation is 1. The molecule has 0 saturated carbocycles. The molecule has 3 N–H and O–H groups in total. The van der Waals surface area contributed by atoms with Gasteiger partial charge in [0, 0.05) is 42.4 Å². The lowest BCUT2D eigenvalue weighted by Gasteiger charge is -2.16. The fraction of sp³-hybridized carbons (Fsp3) is 0.320. The van der Waals surface area contributed by atoms with E-state index >= 15 is 0 Å². The molecule has 0 fully saturated rings. The van der Waals surface area contributed by atoms with Crippen LogP contribution in [-0.4, -0.2) is 38.2 Å². The average molecular weight is 501 g/mol. The number of nitrogens with two attached hydrogens (primary N) is 1. The van der Waals surface area contributed by atoms with Crippen LogP contribution >= 0.6 is 0 Å². The van der Waals surface area contributed by atoms with E-state index in [4.69, 9.17) is 21.6 Å². The minimum atomic E-state index is -2.69. The van der Waals surface area contributed by atoms with Crippen molar-refractivity contribution in [3.8, 4) is 35.2 Å². The lowest BCUT2D eigenvalue weighted by molar-refractivity contribution is 0.146. The number of allylic oxidation sites excluding steroid dienone is 3. The van der Waals surface area contributed by atoms with Gasteiger partial charge in [-0.3, -0.25) is 9.78 Å². The Labute approximate surface area is 207 Å². The molecule has 1 atom stereocenters. The highest BCUT2D eigenvalue weighted by Gasteiger charge is 2.23. The summed E-state index contributed by atoms with van der Waals surface area (Å²) < 4.78 is 52.9. The number of rotatable bonds is 11. The van der Waals surface area contributed by atoms with E-state index in [1.54, 1.807) is 23.9 Å². The van der Waals surface area contributed by atoms with Crippen molar-refractivity contribution in [1.82, 2.24) is 25.0 Å². The number of alkyl halides is 2. The second-order valence-electron chi connectivity index (χ2n) is 7.81. The zero-order valence-corrected chi connectivity index (χ0v) is 20.1. The van der Waals surface area contributed by atoms with Gasteiger partial charge in [-0.15, -0.1) is 11.5 Å². The predicted octanol–water partition coefficient (Wildman–Crippen LogP) is 5.01. The van der Waals surface area contributed by atoms with Gasteiger partial charge in [0.1, 0.15) is 11.5 Å². The molecule has 0 spiro atoms. The number of hydrogen-bond donors (Lipinski definition) is 2. The summed E-state index contributed by atoms with van der Waals surface area (Å²) in [6, 6.07) is 3.01. The average Bonchev–Trinajstić information content (AvgIpc) is 3.47. The summed E-state index contributed by atoms with van der Waals surface area (Å²) in [5.74, 6) is 2.56. The van der Waals surface area contributed by atoms with Crippen molar-refractivity contribution >= 4 is 5.82 Å². The van der Waals surface area contributed by atoms with Gasteiger partial charge in [0.05, 0.1) is 18.9 Å². The summed E-state index contributed by atoms with van der Waals surface area (Å²) in [6.07, 6.45) is 7.85. The molecule has 11 heteroatoms. The van der Waals surface area contributed by atoms with Gasteiger partial charge in [0.15, 0.2) is 11.6 Å². The summed E-state index contributed by atoms with van der Waals surface area (Å²) in [5, 5.41) is 10.8. The lowest BCUT2D eigenvalue weighted by atomic mass is 10.0. The molecule has 8 nitrogen and oxygen atoms in total. The third-order valence-electron chi connectivity index (χ3n) is 5.21. The second-order valence-corrected chi connectivity index (χ2v) is 7.81. The van der Waals surface area contributed by atoms with Crippen LogP contribution in [0.15, 0.2) is 42.4 Å². The van der Waals surface area contributed by atoms with E-state index in [9.17, 15) is 13.2 Å². The van der Waals surface area contributed by atoms with Crippen molar-refractivity contribution in [2.24, 2.45) is 0 Å². The van der Waals surface area contributed by atoms with Crippen molar-refractivity contribution in [1.29, 1.82) is 0 Å². The maximum Gasteiger partial charge on any atom is 0.282 e. The van der Waals surface area contributed by atoms with Crippen LogP contribution in [-0.2, 0) is 13.0 Å². The smallest absolute Gasteiger partial charge is 0.282 e. The maximum atomic E-state index is 13.8. The van der Waals surface area contributed by atoms with Crippen molar-refractivity contribution < 1.29 is 22.6 Å². The zero-order chi connectivity index (χ0) is 26.2. The van der Waals surface area contributed by atoms with E-state index in [0.29, 0.717) is 40.7 Å². The van der Waals surface area contributed by atoms with E-state index in [1.807, 2.05) is 6.92 Å². The number of anilines is 1. The van der Waals surface area contributed by atoms with Crippen LogP contribution in [0.2, 0.25) is 0 Å². The Morgan fingerprint density at radius 2 is 2.14 bits per heavy atom. The number of nitrogens with one attached hydrogen (secondary N) is 1. The highest BCUT2D eigenvalue weighted by Crippen LogP contribution is 2.35. The summed E-state index contributed by atoms with van der Waals surface area (Å²) in [5.41, 5.74) is 8.12. The first-order chi connectivity index (χ1) is 17.3. The highest BCUT2D eigenvalue weighted by molar-refractivity contribution is 5.69. The van der Waals surface area contributed by atoms with Crippen LogP contribution < -0.4 is 15.2 Å². The van der Waals surface area contributed by atoms with Crippen LogP contribution in [0.25, 0.3) is 11.3 Å². The number of ether oxygens (including phenoxy) is 2. The topological polar surface area (TPSA) is 104 Å². The number of H-pyrrole nitrogens is 1. The molecule has 0 aromatic carbocycles. The Bertz CT molecular complexity index is 1290. The third kappa shape index (κ3) is 6.27. The monoisotopic (exact) mass is 500 g/mol. The fourth-order valence-corrected chi connectivity index (χ4v) is 3.54. The molecular formula is C25H27F3N6O2. The van der Waals surface area contributed by atoms with Crippen molar-refractivity contribution in [2.75, 3.05) is 12.8 Å². The van der Waals surface area contributed by atoms with Crippen LogP contribution in [0.1, 0.15) is 43.6 Å². The molecular weight excluding hydrogens is 473 g/mol. The second kappa shape index (κ2) is 12.0. The van der Waals surface area contributed by atoms with Gasteiger partial charge in [-0.05, 0) is 44.2 Å². The molecule has 0 bridgehead atoms. The number of hydrogen-bond acceptors (Lipinski definition) is 6. The van der Waals surface area contributed by atoms with Crippen LogP contribution in [0.3, 0.4) is 0 Å². The molecule has 0 saturated heterocycles. The Morgan fingerprint density at radius 1 is 1.36 bits per heavy atom. The molecule has 3 heterocycles. The third-order valence-corrected chi connectivity index (χ3v) is 5.21. The van der Waals surface area contributed by atoms with Gasteiger partial charge in [0.2, 0.25) is 5.88 Å². The normalized spacial score (nSPS) is 12.8. The Balaban J connectivity index is 1.94. The summed E-state index contributed by atoms with van der Waals surface area (Å²) in [4.78, 5) is 4.26. The lowest BCUT2D eigenvalue weighted by Crippen LogP contribution is -2.12. The number of aromatic nitrogens is 5. The van der Waals surface area contributed by atoms with Crippen LogP contribution in [0.5, 0.6) is 11.6 Å². The number of pyridine rings is 1. The Kier molecular flexibility index (Phi) is 8.78. The molecule has 190 valence electrons. The van der Waals surface area contributed by atoms with Gasteiger partial charge in [-0.1, -0.05) is 5.92 Å². The predicted molar refractivity (Wildman–Crippen MR) is 130 cm³/mol. The molecule has 0 aliphatic rings. The van der Waals surface area contributed by atoms with E-state index in [2.05, 4.69) is 26.2 Å². The molecule has 0 radical (unpaired) electrons. The molecule has 0 aliphatic heterocycles. The van der Waals surface area contributed by atoms with Gasteiger partial charge < -0.3 is 15.2 Å². The van der Waals surface area contributed by atoms with E-state index in [-0.39, 0.29) is 24.4 Å². The van der Waals surface area contributed by atoms with Crippen molar-refractivity contribution in [2.45, 2.75) is 45.8 Å². The van der Waals surface area contributed by atoms with Crippen molar-refractivity contribution in [3.63, 3.8) is 0 Å². The van der Waals surface area contributed by atoms with Crippen LogP contribution in [0.4, 0.5) is 19.0 Å². The molecule has 3 rings (SSSR count). The quantitative estimate of drug-likeness (QED) is 0.283. The SMILES string of the molecule is C#C/C=C\C(F)=C/CC(C)Oc1cc(-c2c(Cc3cc(C(F)F)n[nH]3)c(OC)nn2CC)cnc1N. The highest BCUT2D eigenvalue weighted by atomic mass is 19.3. The number of aromatic amines is 1. The van der Waals surface area contributed by atoms with Gasteiger partial charge >= 0.3 is 0 Å². The molecule has 0 aliphatic carbocycles. The molecule has 36 heavy (non-hydrogen) atoms. The fourth-order valence-electron chi connectivity index (χ4n) is 3.54. The van der Waals surface area contributed by atoms with Gasteiger partial charge in [-0.2, -0.15) is 5.10 Å². The number of nitrogens with zero attached hydrogens (tertiary/aromatic N) is 4. The van der Waals surface area contributed by atoms with E-state index in [0.717, 1.165) is 0 Å². The Hall–Kier alpha value is -4.20. The first kappa shape index (κ1) is 26.4. The molecule has 0 amide bonds. The van der Waals surface area contributed by atoms with E-state index in [1.165, 1.54) is 31.4 Å². The van der Waals surface area contributed by atoms with Crippen molar-refractivity contribution in [3.05, 3.63) is 59.3 Å². The minimum absolute atomic E-state index is 0.161. The molecule has 3 aromatic heterocycles. The largest absolute Gasteiger partial charge is 0.487 e. The number of methoxy groups -OCH3 is 1. The zero-order valence-electron chi connectivity index (χ0n) is 20.1. The van der Waals surface area contributed by atoms with E-state index < -0.39 is 18.4 Å². The molecule has 1 unspecified atom stereocenters. The first-order valence-corrected chi connectivity index (χ1v) is 11.1. The number of nitrogen functional groups attached to an aromatic ring is 1. The maximum absolute atomic E-state index is 13.8. The molecule has 3 aromatic rings.